The number of nitro groups is 1. The summed E-state index contributed by atoms with van der Waals surface area (Å²) in [5.41, 5.74) is 6.22. The Morgan fingerprint density at radius 1 is 1.20 bits per heavy atom. The highest BCUT2D eigenvalue weighted by Crippen LogP contribution is 2.28. The maximum atomic E-state index is 11.0. The average Bonchev–Trinajstić information content (AvgIpc) is 2.46. The lowest BCUT2D eigenvalue weighted by molar-refractivity contribution is -0.385. The summed E-state index contributed by atoms with van der Waals surface area (Å²) in [5, 5.41) is 11.0. The number of rotatable bonds is 10. The molecule has 1 rings (SSSR count). The van der Waals surface area contributed by atoms with Gasteiger partial charge in [-0.05, 0) is 18.1 Å². The molecule has 0 aromatic heterocycles. The third kappa shape index (κ3) is 5.57. The molecule has 0 amide bonds. The second-order valence-corrected chi connectivity index (χ2v) is 4.88. The van der Waals surface area contributed by atoms with Crippen molar-refractivity contribution in [3.63, 3.8) is 0 Å². The normalized spacial score (nSPS) is 10.5. The van der Waals surface area contributed by atoms with Crippen molar-refractivity contribution in [1.29, 1.82) is 0 Å². The summed E-state index contributed by atoms with van der Waals surface area (Å²) in [7, 11) is 0. The predicted octanol–water partition coefficient (Wildman–Crippen LogP) is 3.79. The Balaban J connectivity index is 2.41. The molecule has 0 aliphatic carbocycles. The van der Waals surface area contributed by atoms with Crippen molar-refractivity contribution in [2.45, 2.75) is 52.0 Å². The van der Waals surface area contributed by atoms with Crippen LogP contribution in [0.3, 0.4) is 0 Å². The zero-order valence-electron chi connectivity index (χ0n) is 12.1. The first-order chi connectivity index (χ1) is 9.69. The standard InChI is InChI=1S/C15H24N2O3/c1-2-3-4-5-6-7-10-20-15-9-8-13(12-16)11-14(15)17(18)19/h8-9,11H,2-7,10,12,16H2,1H3. The first kappa shape index (κ1) is 16.4. The van der Waals surface area contributed by atoms with Crippen LogP contribution >= 0.6 is 0 Å². The molecule has 0 radical (unpaired) electrons. The van der Waals surface area contributed by atoms with Crippen LogP contribution in [-0.4, -0.2) is 11.5 Å². The number of hydrogen-bond acceptors (Lipinski definition) is 4. The van der Waals surface area contributed by atoms with E-state index in [1.54, 1.807) is 12.1 Å². The van der Waals surface area contributed by atoms with E-state index in [9.17, 15) is 10.1 Å². The molecule has 2 N–H and O–H groups in total. The molecule has 0 aliphatic heterocycles. The van der Waals surface area contributed by atoms with Gasteiger partial charge in [-0.2, -0.15) is 0 Å². The summed E-state index contributed by atoms with van der Waals surface area (Å²) in [5.74, 6) is 0.334. The molecular formula is C15H24N2O3. The van der Waals surface area contributed by atoms with Gasteiger partial charge in [-0.15, -0.1) is 0 Å². The zero-order chi connectivity index (χ0) is 14.8. The summed E-state index contributed by atoms with van der Waals surface area (Å²) < 4.78 is 5.52. The van der Waals surface area contributed by atoms with E-state index in [2.05, 4.69) is 6.92 Å². The lowest BCUT2D eigenvalue weighted by atomic mass is 10.1. The van der Waals surface area contributed by atoms with Crippen molar-refractivity contribution in [1.82, 2.24) is 0 Å². The molecule has 0 fully saturated rings. The van der Waals surface area contributed by atoms with E-state index in [-0.39, 0.29) is 5.69 Å². The fourth-order valence-electron chi connectivity index (χ4n) is 2.02. The Hall–Kier alpha value is -1.62. The van der Waals surface area contributed by atoms with Gasteiger partial charge in [0.05, 0.1) is 11.5 Å². The fraction of sp³-hybridized carbons (Fsp3) is 0.600. The highest BCUT2D eigenvalue weighted by atomic mass is 16.6. The van der Waals surface area contributed by atoms with Gasteiger partial charge in [0.15, 0.2) is 5.75 Å². The van der Waals surface area contributed by atoms with Crippen LogP contribution in [0.1, 0.15) is 51.0 Å². The topological polar surface area (TPSA) is 78.4 Å². The maximum Gasteiger partial charge on any atom is 0.311 e. The lowest BCUT2D eigenvalue weighted by Gasteiger charge is -2.07. The summed E-state index contributed by atoms with van der Waals surface area (Å²) in [6, 6.07) is 4.89. The lowest BCUT2D eigenvalue weighted by Crippen LogP contribution is -2.03. The summed E-state index contributed by atoms with van der Waals surface area (Å²) >= 11 is 0. The molecule has 0 atom stereocenters. The van der Waals surface area contributed by atoms with Crippen LogP contribution in [0.15, 0.2) is 18.2 Å². The monoisotopic (exact) mass is 280 g/mol. The van der Waals surface area contributed by atoms with Crippen molar-refractivity contribution in [3.8, 4) is 5.75 Å². The van der Waals surface area contributed by atoms with Crippen LogP contribution < -0.4 is 10.5 Å². The van der Waals surface area contributed by atoms with E-state index in [0.29, 0.717) is 18.9 Å². The van der Waals surface area contributed by atoms with Crippen molar-refractivity contribution in [2.24, 2.45) is 5.73 Å². The van der Waals surface area contributed by atoms with E-state index in [1.165, 1.54) is 31.7 Å². The van der Waals surface area contributed by atoms with Gasteiger partial charge in [0.2, 0.25) is 0 Å². The minimum Gasteiger partial charge on any atom is -0.487 e. The molecule has 1 aromatic carbocycles. The van der Waals surface area contributed by atoms with Gasteiger partial charge in [-0.3, -0.25) is 10.1 Å². The number of hydrogen-bond donors (Lipinski definition) is 1. The van der Waals surface area contributed by atoms with Gasteiger partial charge in [0.1, 0.15) is 0 Å². The van der Waals surface area contributed by atoms with Crippen molar-refractivity contribution < 1.29 is 9.66 Å². The third-order valence-electron chi connectivity index (χ3n) is 3.21. The van der Waals surface area contributed by atoms with E-state index >= 15 is 0 Å². The zero-order valence-corrected chi connectivity index (χ0v) is 12.1. The van der Waals surface area contributed by atoms with Crippen LogP contribution in [0.5, 0.6) is 5.75 Å². The largest absolute Gasteiger partial charge is 0.487 e. The smallest absolute Gasteiger partial charge is 0.311 e. The Morgan fingerprint density at radius 2 is 1.90 bits per heavy atom. The number of benzene rings is 1. The van der Waals surface area contributed by atoms with Gasteiger partial charge in [-0.1, -0.05) is 45.1 Å². The SMILES string of the molecule is CCCCCCCCOc1ccc(CN)cc1[N+](=O)[O-]. The second-order valence-electron chi connectivity index (χ2n) is 4.88. The number of nitro benzene ring substituents is 1. The van der Waals surface area contributed by atoms with Crippen LogP contribution in [-0.2, 0) is 6.54 Å². The van der Waals surface area contributed by atoms with E-state index in [0.717, 1.165) is 18.4 Å². The molecule has 0 heterocycles. The molecule has 20 heavy (non-hydrogen) atoms. The van der Waals surface area contributed by atoms with E-state index in [1.807, 2.05) is 0 Å². The van der Waals surface area contributed by atoms with E-state index < -0.39 is 4.92 Å². The summed E-state index contributed by atoms with van der Waals surface area (Å²) in [6.45, 7) is 3.00. The third-order valence-corrected chi connectivity index (χ3v) is 3.21. The van der Waals surface area contributed by atoms with Gasteiger partial charge >= 0.3 is 5.69 Å². The number of ether oxygens (including phenoxy) is 1. The van der Waals surface area contributed by atoms with Crippen LogP contribution in [0.25, 0.3) is 0 Å². The quantitative estimate of drug-likeness (QED) is 0.402. The highest BCUT2D eigenvalue weighted by Gasteiger charge is 2.15. The molecule has 0 unspecified atom stereocenters. The molecule has 0 bridgehead atoms. The van der Waals surface area contributed by atoms with Crippen molar-refractivity contribution >= 4 is 5.69 Å². The fourth-order valence-corrected chi connectivity index (χ4v) is 2.02. The van der Waals surface area contributed by atoms with Gasteiger partial charge < -0.3 is 10.5 Å². The maximum absolute atomic E-state index is 11.0. The Kier molecular flexibility index (Phi) is 7.65. The van der Waals surface area contributed by atoms with E-state index in [4.69, 9.17) is 10.5 Å². The molecular weight excluding hydrogens is 256 g/mol. The summed E-state index contributed by atoms with van der Waals surface area (Å²) in [6.07, 6.45) is 6.99. The average molecular weight is 280 g/mol. The minimum absolute atomic E-state index is 0.000988. The number of nitrogens with zero attached hydrogens (tertiary/aromatic N) is 1. The predicted molar refractivity (Wildman–Crippen MR) is 79.9 cm³/mol. The first-order valence-electron chi connectivity index (χ1n) is 7.29. The molecule has 0 spiro atoms. The number of unbranched alkanes of at least 4 members (excludes halogenated alkanes) is 5. The molecule has 5 nitrogen and oxygen atoms in total. The highest BCUT2D eigenvalue weighted by molar-refractivity contribution is 5.48. The molecule has 0 saturated heterocycles. The molecule has 112 valence electrons. The molecule has 1 aromatic rings. The van der Waals surface area contributed by atoms with Crippen LogP contribution in [0, 0.1) is 10.1 Å². The first-order valence-corrected chi connectivity index (χ1v) is 7.29. The Labute approximate surface area is 120 Å². The molecule has 0 aliphatic rings. The molecule has 5 heteroatoms. The second kappa shape index (κ2) is 9.31. The van der Waals surface area contributed by atoms with Crippen LogP contribution in [0.4, 0.5) is 5.69 Å². The molecule has 0 saturated carbocycles. The van der Waals surface area contributed by atoms with Gasteiger partial charge in [0, 0.05) is 12.6 Å². The van der Waals surface area contributed by atoms with Gasteiger partial charge in [-0.25, -0.2) is 0 Å². The van der Waals surface area contributed by atoms with Gasteiger partial charge in [0.25, 0.3) is 0 Å². The van der Waals surface area contributed by atoms with Crippen LogP contribution in [0.2, 0.25) is 0 Å². The summed E-state index contributed by atoms with van der Waals surface area (Å²) in [4.78, 5) is 10.6. The Bertz CT molecular complexity index is 422. The van der Waals surface area contributed by atoms with Crippen molar-refractivity contribution in [3.05, 3.63) is 33.9 Å². The van der Waals surface area contributed by atoms with Crippen molar-refractivity contribution in [2.75, 3.05) is 6.61 Å². The number of nitrogens with two attached hydrogens (primary N) is 1. The Morgan fingerprint density at radius 3 is 2.55 bits per heavy atom. The minimum atomic E-state index is -0.421.